The minimum Gasteiger partial charge on any atom is -0.318 e. The van der Waals surface area contributed by atoms with Crippen molar-refractivity contribution in [1.82, 2.24) is 14.7 Å². The highest BCUT2D eigenvalue weighted by Crippen LogP contribution is 2.49. The molecule has 7 heteroatoms. The van der Waals surface area contributed by atoms with Gasteiger partial charge in [0.25, 0.3) is 0 Å². The van der Waals surface area contributed by atoms with Gasteiger partial charge in [0.05, 0.1) is 10.4 Å². The molecule has 6 nitrogen and oxygen atoms in total. The highest BCUT2D eigenvalue weighted by molar-refractivity contribution is 7.90. The third-order valence-corrected chi connectivity index (χ3v) is 10.3. The van der Waals surface area contributed by atoms with E-state index in [1.54, 1.807) is 12.1 Å². The smallest absolute Gasteiger partial charge is 0.318 e. The molecular formula is C29H39N3O3S. The number of hydrogen-bond donors (Lipinski definition) is 0. The van der Waals surface area contributed by atoms with Crippen LogP contribution in [-0.2, 0) is 21.9 Å². The van der Waals surface area contributed by atoms with Crippen molar-refractivity contribution >= 4 is 15.9 Å². The zero-order valence-corrected chi connectivity index (χ0v) is 22.6. The second kappa shape index (κ2) is 9.49. The summed E-state index contributed by atoms with van der Waals surface area (Å²) >= 11 is 0. The second-order valence-corrected chi connectivity index (χ2v) is 13.5. The number of carbonyl (C=O) groups is 1. The normalized spacial score (nSPS) is 27.2. The fourth-order valence-electron chi connectivity index (χ4n) is 6.57. The molecule has 0 N–H and O–H groups in total. The number of amides is 2. The summed E-state index contributed by atoms with van der Waals surface area (Å²) in [5.74, 6) is 0.620. The first kappa shape index (κ1) is 25.3. The lowest BCUT2D eigenvalue weighted by Crippen LogP contribution is -2.56. The van der Waals surface area contributed by atoms with Crippen molar-refractivity contribution < 1.29 is 13.2 Å². The highest BCUT2D eigenvalue weighted by atomic mass is 32.2. The molecule has 3 fully saturated rings. The van der Waals surface area contributed by atoms with Gasteiger partial charge in [-0.2, -0.15) is 0 Å². The lowest BCUT2D eigenvalue weighted by molar-refractivity contribution is 0.0159. The van der Waals surface area contributed by atoms with Crippen LogP contribution in [0.1, 0.15) is 56.1 Å². The number of carbonyl (C=O) groups excluding carboxylic acids is 1. The molecular weight excluding hydrogens is 470 g/mol. The Morgan fingerprint density at radius 2 is 1.58 bits per heavy atom. The van der Waals surface area contributed by atoms with Gasteiger partial charge < -0.3 is 9.80 Å². The summed E-state index contributed by atoms with van der Waals surface area (Å²) in [4.78, 5) is 20.7. The number of hydrogen-bond acceptors (Lipinski definition) is 4. The summed E-state index contributed by atoms with van der Waals surface area (Å²) in [5, 5.41) is 0. The molecule has 1 heterocycles. The number of rotatable bonds is 7. The largest absolute Gasteiger partial charge is 0.320 e. The van der Waals surface area contributed by atoms with Gasteiger partial charge >= 0.3 is 6.03 Å². The van der Waals surface area contributed by atoms with Crippen LogP contribution in [0.3, 0.4) is 0 Å². The van der Waals surface area contributed by atoms with E-state index in [-0.39, 0.29) is 17.1 Å². The Kier molecular flexibility index (Phi) is 6.66. The van der Waals surface area contributed by atoms with Crippen LogP contribution in [0.25, 0.3) is 0 Å². The van der Waals surface area contributed by atoms with Gasteiger partial charge in [-0.05, 0) is 81.8 Å². The monoisotopic (exact) mass is 509 g/mol. The van der Waals surface area contributed by atoms with Crippen LogP contribution in [-0.4, -0.2) is 68.1 Å². The molecule has 2 aromatic carbocycles. The van der Waals surface area contributed by atoms with E-state index in [1.165, 1.54) is 31.1 Å². The minimum absolute atomic E-state index is 0.00735. The van der Waals surface area contributed by atoms with Gasteiger partial charge in [-0.3, -0.25) is 4.90 Å². The van der Waals surface area contributed by atoms with E-state index in [0.29, 0.717) is 17.4 Å². The molecule has 0 aromatic heterocycles. The summed E-state index contributed by atoms with van der Waals surface area (Å²) < 4.78 is 23.7. The first-order valence-electron chi connectivity index (χ1n) is 13.2. The predicted octanol–water partition coefficient (Wildman–Crippen LogP) is 4.90. The fourth-order valence-corrected chi connectivity index (χ4v) is 7.20. The van der Waals surface area contributed by atoms with Crippen LogP contribution in [0.15, 0.2) is 59.5 Å². The van der Waals surface area contributed by atoms with Crippen molar-refractivity contribution in [2.24, 2.45) is 5.92 Å². The first-order chi connectivity index (χ1) is 17.1. The van der Waals surface area contributed by atoms with E-state index in [9.17, 15) is 13.2 Å². The number of sulfone groups is 1. The fraction of sp³-hybridized carbons (Fsp3) is 0.552. The lowest BCUT2D eigenvalue weighted by Gasteiger charge is -2.51. The summed E-state index contributed by atoms with van der Waals surface area (Å²) in [6, 6.07) is 18.0. The molecule has 194 valence electrons. The molecule has 36 heavy (non-hydrogen) atoms. The Morgan fingerprint density at radius 1 is 0.944 bits per heavy atom. The van der Waals surface area contributed by atoms with Crippen molar-refractivity contribution in [2.75, 3.05) is 33.4 Å². The molecule has 3 aliphatic rings. The Balaban J connectivity index is 1.38. The molecule has 0 atom stereocenters. The van der Waals surface area contributed by atoms with Gasteiger partial charge in [-0.1, -0.05) is 48.9 Å². The summed E-state index contributed by atoms with van der Waals surface area (Å²) in [5.41, 5.74) is 2.20. The first-order valence-corrected chi connectivity index (χ1v) is 15.1. The molecule has 5 rings (SSSR count). The van der Waals surface area contributed by atoms with E-state index < -0.39 is 9.84 Å². The van der Waals surface area contributed by atoms with Gasteiger partial charge in [-0.15, -0.1) is 0 Å². The second-order valence-electron chi connectivity index (χ2n) is 11.5. The van der Waals surface area contributed by atoms with E-state index in [2.05, 4.69) is 54.2 Å². The van der Waals surface area contributed by atoms with Crippen molar-refractivity contribution in [3.63, 3.8) is 0 Å². The zero-order chi connectivity index (χ0) is 25.6. The third-order valence-electron chi connectivity index (χ3n) is 9.12. The van der Waals surface area contributed by atoms with Gasteiger partial charge in [0, 0.05) is 31.4 Å². The van der Waals surface area contributed by atoms with Gasteiger partial charge in [-0.25, -0.2) is 13.2 Å². The molecule has 1 aliphatic heterocycles. The lowest BCUT2D eigenvalue weighted by atomic mass is 9.68. The SMILES string of the molecule is CN(C)[C@]1(c2ccccc2)CC[C@]2(CC1)CN(Cc1ccc(S(C)(=O)=O)cc1)C(=O)N2CC1CCC1. The Morgan fingerprint density at radius 3 is 2.11 bits per heavy atom. The Hall–Kier alpha value is -2.38. The molecule has 0 radical (unpaired) electrons. The maximum atomic E-state index is 13.8. The van der Waals surface area contributed by atoms with Crippen LogP contribution in [0.5, 0.6) is 0 Å². The molecule has 2 saturated carbocycles. The van der Waals surface area contributed by atoms with Crippen molar-refractivity contribution in [3.05, 3.63) is 65.7 Å². The molecule has 1 saturated heterocycles. The van der Waals surface area contributed by atoms with E-state index >= 15 is 0 Å². The van der Waals surface area contributed by atoms with Crippen molar-refractivity contribution in [2.45, 2.75) is 67.5 Å². The average molecular weight is 510 g/mol. The van der Waals surface area contributed by atoms with Crippen molar-refractivity contribution in [1.29, 1.82) is 0 Å². The van der Waals surface area contributed by atoms with Crippen LogP contribution in [0.2, 0.25) is 0 Å². The Bertz CT molecular complexity index is 1180. The van der Waals surface area contributed by atoms with E-state index in [4.69, 9.17) is 0 Å². The van der Waals surface area contributed by atoms with Gasteiger partial charge in [0.2, 0.25) is 0 Å². The molecule has 2 amide bonds. The van der Waals surface area contributed by atoms with Gasteiger partial charge in [0.1, 0.15) is 0 Å². The Labute approximate surface area is 216 Å². The third kappa shape index (κ3) is 4.56. The predicted molar refractivity (Wildman–Crippen MR) is 142 cm³/mol. The number of nitrogens with zero attached hydrogens (tertiary/aromatic N) is 3. The quantitative estimate of drug-likeness (QED) is 0.533. The average Bonchev–Trinajstić information content (AvgIpc) is 3.07. The number of benzene rings is 2. The van der Waals surface area contributed by atoms with Crippen LogP contribution in [0, 0.1) is 5.92 Å². The maximum absolute atomic E-state index is 13.8. The zero-order valence-electron chi connectivity index (χ0n) is 21.8. The minimum atomic E-state index is -3.23. The summed E-state index contributed by atoms with van der Waals surface area (Å²) in [6.45, 7) is 2.12. The molecule has 0 unspecified atom stereocenters. The van der Waals surface area contributed by atoms with Gasteiger partial charge in [0.15, 0.2) is 9.84 Å². The summed E-state index contributed by atoms with van der Waals surface area (Å²) in [6.07, 6.45) is 8.96. The molecule has 1 spiro atoms. The number of urea groups is 1. The summed E-state index contributed by atoms with van der Waals surface area (Å²) in [7, 11) is 1.14. The topological polar surface area (TPSA) is 60.9 Å². The molecule has 0 bridgehead atoms. The van der Waals surface area contributed by atoms with E-state index in [1.807, 2.05) is 17.0 Å². The van der Waals surface area contributed by atoms with Crippen LogP contribution < -0.4 is 0 Å². The maximum Gasteiger partial charge on any atom is 0.320 e. The van der Waals surface area contributed by atoms with Crippen LogP contribution >= 0.6 is 0 Å². The molecule has 2 aromatic rings. The van der Waals surface area contributed by atoms with Crippen molar-refractivity contribution in [3.8, 4) is 0 Å². The highest BCUT2D eigenvalue weighted by Gasteiger charge is 2.54. The molecule has 2 aliphatic carbocycles. The van der Waals surface area contributed by atoms with Crippen LogP contribution in [0.4, 0.5) is 4.79 Å². The van der Waals surface area contributed by atoms with E-state index in [0.717, 1.165) is 44.3 Å². The standard InChI is InChI=1S/C29H39N3O3S/c1-30(2)29(25-10-5-4-6-11-25)18-16-28(17-19-29)22-31(27(33)32(28)21-23-8-7-9-23)20-24-12-14-26(15-13-24)36(3,34)35/h4-6,10-15,23H,7-9,16-22H2,1-3H3/t28-,29+.